The number of carbonyl (C=O) groups is 1. The molecule has 0 amide bonds. The second-order valence-corrected chi connectivity index (χ2v) is 2.78. The Morgan fingerprint density at radius 2 is 2.15 bits per heavy atom. The number of hydrogen-bond acceptors (Lipinski definition) is 2. The Kier molecular flexibility index (Phi) is 2.85. The van der Waals surface area contributed by atoms with E-state index in [0.717, 1.165) is 6.07 Å². The van der Waals surface area contributed by atoms with Crippen LogP contribution in [0.4, 0.5) is 4.39 Å². The third-order valence-electron chi connectivity index (χ3n) is 1.51. The van der Waals surface area contributed by atoms with Crippen LogP contribution < -0.4 is 0 Å². The molecule has 0 spiro atoms. The second kappa shape index (κ2) is 3.72. The second-order valence-electron chi connectivity index (χ2n) is 2.38. The summed E-state index contributed by atoms with van der Waals surface area (Å²) in [4.78, 5) is 10.3. The van der Waals surface area contributed by atoms with Gasteiger partial charge in [-0.2, -0.15) is 0 Å². The van der Waals surface area contributed by atoms with E-state index in [9.17, 15) is 9.18 Å². The van der Waals surface area contributed by atoms with Crippen LogP contribution in [0.2, 0.25) is 5.02 Å². The monoisotopic (exact) mass is 204 g/mol. The van der Waals surface area contributed by atoms with Crippen molar-refractivity contribution in [2.75, 3.05) is 0 Å². The fourth-order valence-electron chi connectivity index (χ4n) is 0.895. The van der Waals surface area contributed by atoms with Gasteiger partial charge in [0, 0.05) is 10.6 Å². The van der Waals surface area contributed by atoms with Gasteiger partial charge >= 0.3 is 5.97 Å². The molecule has 0 radical (unpaired) electrons. The van der Waals surface area contributed by atoms with Crippen LogP contribution in [-0.2, 0) is 4.79 Å². The van der Waals surface area contributed by atoms with E-state index in [0.29, 0.717) is 0 Å². The zero-order valence-electron chi connectivity index (χ0n) is 6.37. The number of aliphatic hydroxyl groups excluding tert-OH is 1. The van der Waals surface area contributed by atoms with Crippen molar-refractivity contribution in [2.45, 2.75) is 6.10 Å². The van der Waals surface area contributed by atoms with Gasteiger partial charge in [-0.05, 0) is 12.1 Å². The van der Waals surface area contributed by atoms with Crippen LogP contribution in [0.3, 0.4) is 0 Å². The highest BCUT2D eigenvalue weighted by Gasteiger charge is 2.22. The molecule has 0 saturated carbocycles. The average Bonchev–Trinajstić information content (AvgIpc) is 2.03. The molecule has 1 aromatic rings. The summed E-state index contributed by atoms with van der Waals surface area (Å²) in [6.07, 6.45) is -1.92. The van der Waals surface area contributed by atoms with Gasteiger partial charge in [-0.3, -0.25) is 0 Å². The molecule has 0 aliphatic rings. The standard InChI is InChI=1S/C8H6ClFO3/c9-4-2-1-3-5(10)6(4)7(11)8(12)13/h1-3,7,11H,(H,12,13)/t7-/m0/s1. The zero-order valence-corrected chi connectivity index (χ0v) is 7.12. The molecular weight excluding hydrogens is 199 g/mol. The van der Waals surface area contributed by atoms with Crippen LogP contribution in [0, 0.1) is 5.82 Å². The first kappa shape index (κ1) is 9.95. The smallest absolute Gasteiger partial charge is 0.337 e. The fraction of sp³-hybridized carbons (Fsp3) is 0.125. The highest BCUT2D eigenvalue weighted by molar-refractivity contribution is 6.31. The maximum atomic E-state index is 13.0. The van der Waals surface area contributed by atoms with Gasteiger partial charge in [0.25, 0.3) is 0 Å². The van der Waals surface area contributed by atoms with E-state index in [-0.39, 0.29) is 5.02 Å². The van der Waals surface area contributed by atoms with Crippen molar-refractivity contribution in [1.82, 2.24) is 0 Å². The summed E-state index contributed by atoms with van der Waals surface area (Å²) in [6.45, 7) is 0. The maximum Gasteiger partial charge on any atom is 0.337 e. The molecule has 13 heavy (non-hydrogen) atoms. The SMILES string of the molecule is O=C(O)[C@@H](O)c1c(F)cccc1Cl. The summed E-state index contributed by atoms with van der Waals surface area (Å²) in [5.41, 5.74) is -0.406. The van der Waals surface area contributed by atoms with Crippen LogP contribution in [0.25, 0.3) is 0 Å². The van der Waals surface area contributed by atoms with Gasteiger partial charge in [0.05, 0.1) is 0 Å². The molecule has 0 saturated heterocycles. The van der Waals surface area contributed by atoms with E-state index in [4.69, 9.17) is 21.8 Å². The number of hydrogen-bond donors (Lipinski definition) is 2. The van der Waals surface area contributed by atoms with E-state index >= 15 is 0 Å². The molecule has 5 heteroatoms. The molecule has 0 aliphatic heterocycles. The molecule has 2 N–H and O–H groups in total. The molecule has 0 fully saturated rings. The Hall–Kier alpha value is -1.13. The molecule has 70 valence electrons. The number of rotatable bonds is 2. The number of aliphatic carboxylic acids is 1. The summed E-state index contributed by atoms with van der Waals surface area (Å²) < 4.78 is 13.0. The van der Waals surface area contributed by atoms with Gasteiger partial charge in [0.2, 0.25) is 0 Å². The third kappa shape index (κ3) is 1.96. The zero-order chi connectivity index (χ0) is 10.0. The topological polar surface area (TPSA) is 57.5 Å². The minimum atomic E-state index is -1.92. The third-order valence-corrected chi connectivity index (χ3v) is 1.84. The lowest BCUT2D eigenvalue weighted by Crippen LogP contribution is -2.12. The summed E-state index contributed by atoms with van der Waals surface area (Å²) in [6, 6.07) is 3.68. The Bertz CT molecular complexity index is 320. The van der Waals surface area contributed by atoms with Crippen molar-refractivity contribution in [2.24, 2.45) is 0 Å². The summed E-state index contributed by atoms with van der Waals surface area (Å²) in [5, 5.41) is 17.3. The van der Waals surface area contributed by atoms with Crippen molar-refractivity contribution in [3.63, 3.8) is 0 Å². The van der Waals surface area contributed by atoms with Crippen LogP contribution >= 0.6 is 11.6 Å². The molecule has 0 unspecified atom stereocenters. The Labute approximate surface area is 78.4 Å². The molecule has 1 aromatic carbocycles. The molecule has 0 bridgehead atoms. The summed E-state index contributed by atoms with van der Waals surface area (Å²) in [7, 11) is 0. The predicted octanol–water partition coefficient (Wildman–Crippen LogP) is 1.60. The lowest BCUT2D eigenvalue weighted by molar-refractivity contribution is -0.147. The van der Waals surface area contributed by atoms with Gasteiger partial charge in [-0.25, -0.2) is 9.18 Å². The first-order valence-electron chi connectivity index (χ1n) is 3.39. The summed E-state index contributed by atoms with van der Waals surface area (Å²) >= 11 is 5.51. The van der Waals surface area contributed by atoms with E-state index in [1.165, 1.54) is 12.1 Å². The van der Waals surface area contributed by atoms with Crippen molar-refractivity contribution in [3.05, 3.63) is 34.6 Å². The van der Waals surface area contributed by atoms with E-state index in [1.807, 2.05) is 0 Å². The molecule has 0 heterocycles. The highest BCUT2D eigenvalue weighted by Crippen LogP contribution is 2.25. The number of aliphatic hydroxyl groups is 1. The fourth-order valence-corrected chi connectivity index (χ4v) is 1.16. The van der Waals surface area contributed by atoms with Crippen LogP contribution in [0.15, 0.2) is 18.2 Å². The Morgan fingerprint density at radius 3 is 2.62 bits per heavy atom. The summed E-state index contributed by atoms with van der Waals surface area (Å²) in [5.74, 6) is -2.37. The van der Waals surface area contributed by atoms with Crippen molar-refractivity contribution >= 4 is 17.6 Å². The quantitative estimate of drug-likeness (QED) is 0.769. The van der Waals surface area contributed by atoms with Crippen LogP contribution in [-0.4, -0.2) is 16.2 Å². The number of carboxylic acid groups (broad SMARTS) is 1. The number of carboxylic acids is 1. The minimum Gasteiger partial charge on any atom is -0.479 e. The average molecular weight is 205 g/mol. The molecule has 1 atom stereocenters. The lowest BCUT2D eigenvalue weighted by Gasteiger charge is -2.08. The lowest BCUT2D eigenvalue weighted by atomic mass is 10.1. The Morgan fingerprint density at radius 1 is 1.54 bits per heavy atom. The minimum absolute atomic E-state index is 0.102. The first-order chi connectivity index (χ1) is 6.04. The maximum absolute atomic E-state index is 13.0. The van der Waals surface area contributed by atoms with Gasteiger partial charge in [-0.15, -0.1) is 0 Å². The van der Waals surface area contributed by atoms with Crippen molar-refractivity contribution in [1.29, 1.82) is 0 Å². The first-order valence-corrected chi connectivity index (χ1v) is 3.76. The molecular formula is C8H6ClFO3. The molecule has 3 nitrogen and oxygen atoms in total. The van der Waals surface area contributed by atoms with Gasteiger partial charge in [0.15, 0.2) is 6.10 Å². The normalized spacial score (nSPS) is 12.5. The van der Waals surface area contributed by atoms with Crippen molar-refractivity contribution < 1.29 is 19.4 Å². The van der Waals surface area contributed by atoms with Gasteiger partial charge < -0.3 is 10.2 Å². The van der Waals surface area contributed by atoms with Gasteiger partial charge in [0.1, 0.15) is 5.82 Å². The Balaban J connectivity index is 3.20. The predicted molar refractivity (Wildman–Crippen MR) is 44.0 cm³/mol. The van der Waals surface area contributed by atoms with Gasteiger partial charge in [-0.1, -0.05) is 17.7 Å². The van der Waals surface area contributed by atoms with Crippen molar-refractivity contribution in [3.8, 4) is 0 Å². The number of halogens is 2. The number of benzene rings is 1. The molecule has 0 aliphatic carbocycles. The largest absolute Gasteiger partial charge is 0.479 e. The molecule has 0 aromatic heterocycles. The van der Waals surface area contributed by atoms with E-state index in [2.05, 4.69) is 0 Å². The van der Waals surface area contributed by atoms with E-state index < -0.39 is 23.5 Å². The van der Waals surface area contributed by atoms with E-state index in [1.54, 1.807) is 0 Å². The highest BCUT2D eigenvalue weighted by atomic mass is 35.5. The van der Waals surface area contributed by atoms with Crippen LogP contribution in [0.1, 0.15) is 11.7 Å². The molecule has 1 rings (SSSR count). The van der Waals surface area contributed by atoms with Crippen LogP contribution in [0.5, 0.6) is 0 Å².